The van der Waals surface area contributed by atoms with Crippen molar-refractivity contribution in [1.82, 2.24) is 5.32 Å². The predicted octanol–water partition coefficient (Wildman–Crippen LogP) is 0.701. The van der Waals surface area contributed by atoms with Crippen molar-refractivity contribution in [2.24, 2.45) is 0 Å². The molecule has 18 heavy (non-hydrogen) atoms. The molecule has 6 nitrogen and oxygen atoms in total. The third-order valence-corrected chi connectivity index (χ3v) is 2.68. The van der Waals surface area contributed by atoms with Gasteiger partial charge in [-0.15, -0.1) is 0 Å². The minimum Gasteiger partial charge on any atom is -0.463 e. The summed E-state index contributed by atoms with van der Waals surface area (Å²) in [4.78, 5) is 34.2. The summed E-state index contributed by atoms with van der Waals surface area (Å²) >= 11 is 0.952. The van der Waals surface area contributed by atoms with E-state index in [1.54, 1.807) is 13.8 Å². The number of nitrogens with one attached hydrogen (secondary N) is 1. The third kappa shape index (κ3) is 4.25. The number of esters is 2. The fourth-order valence-corrected chi connectivity index (χ4v) is 1.96. The molecular weight excluding hydrogens is 258 g/mol. The molecule has 0 aromatic rings. The van der Waals surface area contributed by atoms with Crippen molar-refractivity contribution >= 4 is 29.6 Å². The van der Waals surface area contributed by atoms with Crippen LogP contribution in [0, 0.1) is 0 Å². The highest BCUT2D eigenvalue weighted by Crippen LogP contribution is 2.27. The van der Waals surface area contributed by atoms with Gasteiger partial charge in [0.1, 0.15) is 4.91 Å². The van der Waals surface area contributed by atoms with Gasteiger partial charge in [-0.1, -0.05) is 11.8 Å². The van der Waals surface area contributed by atoms with E-state index < -0.39 is 17.8 Å². The molecule has 1 heterocycles. The van der Waals surface area contributed by atoms with E-state index in [1.807, 2.05) is 0 Å². The van der Waals surface area contributed by atoms with Crippen molar-refractivity contribution in [3.05, 3.63) is 22.1 Å². The SMILES string of the molecule is CCOC(=O)/C=C1/NC(=O)C=C(C(=O)OCC)S1. The second-order valence-electron chi connectivity index (χ2n) is 3.08. The lowest BCUT2D eigenvalue weighted by Gasteiger charge is -2.14. The molecule has 1 aliphatic heterocycles. The van der Waals surface area contributed by atoms with Crippen LogP contribution in [0.2, 0.25) is 0 Å². The molecule has 1 rings (SSSR count). The molecule has 1 aliphatic rings. The number of carbonyl (C=O) groups excluding carboxylic acids is 3. The maximum Gasteiger partial charge on any atom is 0.345 e. The second-order valence-corrected chi connectivity index (χ2v) is 4.16. The van der Waals surface area contributed by atoms with Gasteiger partial charge in [0, 0.05) is 6.08 Å². The lowest BCUT2D eigenvalue weighted by atomic mass is 10.4. The minimum atomic E-state index is -0.591. The molecule has 0 aromatic carbocycles. The zero-order chi connectivity index (χ0) is 13.5. The van der Waals surface area contributed by atoms with E-state index in [9.17, 15) is 14.4 Å². The van der Waals surface area contributed by atoms with Gasteiger partial charge in [-0.3, -0.25) is 4.79 Å². The van der Waals surface area contributed by atoms with Crippen molar-refractivity contribution in [2.75, 3.05) is 13.2 Å². The Labute approximate surface area is 108 Å². The largest absolute Gasteiger partial charge is 0.463 e. The highest BCUT2D eigenvalue weighted by molar-refractivity contribution is 8.07. The summed E-state index contributed by atoms with van der Waals surface area (Å²) in [5.41, 5.74) is 0. The molecule has 0 aliphatic carbocycles. The summed E-state index contributed by atoms with van der Waals surface area (Å²) in [6, 6.07) is 0. The molecule has 0 radical (unpaired) electrons. The molecule has 0 fully saturated rings. The average molecular weight is 271 g/mol. The second kappa shape index (κ2) is 6.85. The van der Waals surface area contributed by atoms with Crippen LogP contribution in [0.1, 0.15) is 13.8 Å². The Morgan fingerprint density at radius 1 is 1.33 bits per heavy atom. The lowest BCUT2D eigenvalue weighted by Crippen LogP contribution is -2.25. The highest BCUT2D eigenvalue weighted by Gasteiger charge is 2.22. The van der Waals surface area contributed by atoms with Crippen LogP contribution in [-0.4, -0.2) is 31.1 Å². The first-order valence-corrected chi connectivity index (χ1v) is 6.14. The van der Waals surface area contributed by atoms with Crippen LogP contribution in [0.3, 0.4) is 0 Å². The van der Waals surface area contributed by atoms with Crippen molar-refractivity contribution < 1.29 is 23.9 Å². The predicted molar refractivity (Wildman–Crippen MR) is 65.2 cm³/mol. The van der Waals surface area contributed by atoms with E-state index in [1.165, 1.54) is 0 Å². The van der Waals surface area contributed by atoms with Crippen LogP contribution < -0.4 is 5.32 Å². The number of amides is 1. The zero-order valence-corrected chi connectivity index (χ0v) is 10.8. The Kier molecular flexibility index (Phi) is 5.44. The van der Waals surface area contributed by atoms with Gasteiger partial charge >= 0.3 is 11.9 Å². The number of hydrogen-bond acceptors (Lipinski definition) is 6. The summed E-state index contributed by atoms with van der Waals surface area (Å²) in [7, 11) is 0. The molecule has 1 N–H and O–H groups in total. The van der Waals surface area contributed by atoms with E-state index in [4.69, 9.17) is 9.47 Å². The van der Waals surface area contributed by atoms with Gasteiger partial charge in [0.2, 0.25) is 5.91 Å². The van der Waals surface area contributed by atoms with Gasteiger partial charge in [0.05, 0.1) is 24.3 Å². The van der Waals surface area contributed by atoms with Gasteiger partial charge in [-0.25, -0.2) is 9.59 Å². The summed E-state index contributed by atoms with van der Waals surface area (Å²) in [5, 5.41) is 2.67. The lowest BCUT2D eigenvalue weighted by molar-refractivity contribution is -0.138. The maximum atomic E-state index is 11.5. The Morgan fingerprint density at radius 2 is 2.00 bits per heavy atom. The number of ether oxygens (including phenoxy) is 2. The van der Waals surface area contributed by atoms with Crippen LogP contribution in [0.25, 0.3) is 0 Å². The van der Waals surface area contributed by atoms with Crippen LogP contribution in [0.15, 0.2) is 22.1 Å². The van der Waals surface area contributed by atoms with Crippen molar-refractivity contribution in [3.8, 4) is 0 Å². The topological polar surface area (TPSA) is 81.7 Å². The van der Waals surface area contributed by atoms with Gasteiger partial charge in [-0.2, -0.15) is 0 Å². The fourth-order valence-electron chi connectivity index (χ4n) is 1.11. The van der Waals surface area contributed by atoms with Crippen molar-refractivity contribution in [2.45, 2.75) is 13.8 Å². The molecular formula is C11H13NO5S. The molecule has 98 valence electrons. The quantitative estimate of drug-likeness (QED) is 0.599. The summed E-state index contributed by atoms with van der Waals surface area (Å²) in [5.74, 6) is -1.65. The van der Waals surface area contributed by atoms with Gasteiger partial charge in [-0.05, 0) is 13.8 Å². The highest BCUT2D eigenvalue weighted by atomic mass is 32.2. The van der Waals surface area contributed by atoms with Gasteiger partial charge in [0.25, 0.3) is 0 Å². The summed E-state index contributed by atoms with van der Waals surface area (Å²) in [6.45, 7) is 3.80. The Balaban J connectivity index is 2.78. The molecule has 0 atom stereocenters. The van der Waals surface area contributed by atoms with Crippen LogP contribution in [0.4, 0.5) is 0 Å². The zero-order valence-electron chi connectivity index (χ0n) is 10.0. The first kappa shape index (κ1) is 14.3. The smallest absolute Gasteiger partial charge is 0.345 e. The normalized spacial score (nSPS) is 16.9. The van der Waals surface area contributed by atoms with Crippen LogP contribution in [0.5, 0.6) is 0 Å². The summed E-state index contributed by atoms with van der Waals surface area (Å²) in [6.07, 6.45) is 2.25. The molecule has 0 saturated heterocycles. The Hall–Kier alpha value is -1.76. The van der Waals surface area contributed by atoms with Gasteiger partial charge in [0.15, 0.2) is 0 Å². The third-order valence-electron chi connectivity index (χ3n) is 1.74. The van der Waals surface area contributed by atoms with E-state index in [2.05, 4.69) is 5.32 Å². The molecule has 0 saturated carbocycles. The standard InChI is InChI=1S/C11H13NO5S/c1-3-16-10(14)6-9-12-8(13)5-7(18-9)11(15)17-4-2/h5-6H,3-4H2,1-2H3,(H,12,13)/b9-6-. The molecule has 0 bridgehead atoms. The van der Waals surface area contributed by atoms with Crippen LogP contribution in [-0.2, 0) is 23.9 Å². The van der Waals surface area contributed by atoms with Crippen molar-refractivity contribution in [1.29, 1.82) is 0 Å². The molecule has 0 spiro atoms. The maximum absolute atomic E-state index is 11.5. The Morgan fingerprint density at radius 3 is 2.61 bits per heavy atom. The Bertz CT molecular complexity index is 427. The van der Waals surface area contributed by atoms with Crippen LogP contribution >= 0.6 is 11.8 Å². The first-order chi connectivity index (χ1) is 8.56. The summed E-state index contributed by atoms with van der Waals surface area (Å²) < 4.78 is 9.49. The fraction of sp³-hybridized carbons (Fsp3) is 0.364. The van der Waals surface area contributed by atoms with E-state index in [0.717, 1.165) is 23.9 Å². The average Bonchev–Trinajstić information content (AvgIpc) is 2.28. The molecule has 7 heteroatoms. The molecule has 0 unspecified atom stereocenters. The number of hydrogen-bond donors (Lipinski definition) is 1. The van der Waals surface area contributed by atoms with Crippen molar-refractivity contribution in [3.63, 3.8) is 0 Å². The first-order valence-electron chi connectivity index (χ1n) is 5.33. The van der Waals surface area contributed by atoms with Gasteiger partial charge < -0.3 is 14.8 Å². The van der Waals surface area contributed by atoms with E-state index >= 15 is 0 Å². The van der Waals surface area contributed by atoms with E-state index in [-0.39, 0.29) is 23.1 Å². The molecule has 0 aromatic heterocycles. The number of thioether (sulfide) groups is 1. The monoisotopic (exact) mass is 271 g/mol. The van der Waals surface area contributed by atoms with E-state index in [0.29, 0.717) is 0 Å². The number of carbonyl (C=O) groups is 3. The number of rotatable bonds is 4. The minimum absolute atomic E-state index is 0.135. The molecule has 1 amide bonds.